The molecule has 3 aromatic heterocycles. The van der Waals surface area contributed by atoms with Gasteiger partial charge in [-0.05, 0) is 46.6 Å². The van der Waals surface area contributed by atoms with Gasteiger partial charge in [0.25, 0.3) is 5.91 Å². The van der Waals surface area contributed by atoms with E-state index in [4.69, 9.17) is 4.42 Å². The van der Waals surface area contributed by atoms with Crippen LogP contribution in [0.3, 0.4) is 0 Å². The number of hydrogen-bond donors (Lipinski definition) is 1. The van der Waals surface area contributed by atoms with Crippen molar-refractivity contribution in [1.29, 1.82) is 0 Å². The van der Waals surface area contributed by atoms with Gasteiger partial charge in [-0.1, -0.05) is 30.4 Å². The maximum Gasteiger partial charge on any atom is 0.291 e. The van der Waals surface area contributed by atoms with E-state index in [0.717, 1.165) is 33.3 Å². The van der Waals surface area contributed by atoms with Crippen molar-refractivity contribution in [1.82, 2.24) is 19.8 Å². The van der Waals surface area contributed by atoms with Crippen LogP contribution in [0.2, 0.25) is 0 Å². The average Bonchev–Trinajstić information content (AvgIpc) is 3.32. The lowest BCUT2D eigenvalue weighted by atomic mass is 10.1. The molecular weight excluding hydrogens is 418 g/mol. The highest BCUT2D eigenvalue weighted by atomic mass is 79.9. The van der Waals surface area contributed by atoms with E-state index in [1.54, 1.807) is 16.6 Å². The number of carbonyl (C=O) groups is 1. The minimum Gasteiger partial charge on any atom is -0.444 e. The van der Waals surface area contributed by atoms with Crippen LogP contribution in [0.1, 0.15) is 28.9 Å². The highest BCUT2D eigenvalue weighted by Gasteiger charge is 2.15. The number of fused-ring (bicyclic) bond motifs is 1. The van der Waals surface area contributed by atoms with Crippen molar-refractivity contribution in [2.45, 2.75) is 20.3 Å². The first-order valence-corrected chi connectivity index (χ1v) is 9.55. The van der Waals surface area contributed by atoms with E-state index in [9.17, 15) is 4.79 Å². The molecule has 0 aliphatic rings. The van der Waals surface area contributed by atoms with Gasteiger partial charge >= 0.3 is 0 Å². The molecule has 0 fully saturated rings. The molecule has 1 aromatic carbocycles. The topological polar surface area (TPSA) is 85.3 Å². The summed E-state index contributed by atoms with van der Waals surface area (Å²) in [5.74, 6) is 0.766. The summed E-state index contributed by atoms with van der Waals surface area (Å²) in [6.07, 6.45) is 0.762. The summed E-state index contributed by atoms with van der Waals surface area (Å²) in [6, 6.07) is 9.14. The van der Waals surface area contributed by atoms with Crippen molar-refractivity contribution in [3.05, 3.63) is 52.1 Å². The van der Waals surface area contributed by atoms with Crippen molar-refractivity contribution in [3.63, 3.8) is 0 Å². The molecule has 0 saturated carbocycles. The summed E-state index contributed by atoms with van der Waals surface area (Å²) < 4.78 is 7.58. The molecule has 7 nitrogen and oxygen atoms in total. The summed E-state index contributed by atoms with van der Waals surface area (Å²) in [5, 5.41) is 16.6. The molecule has 0 spiro atoms. The molecule has 9 heteroatoms. The maximum absolute atomic E-state index is 12.3. The Morgan fingerprint density at radius 1 is 1.31 bits per heavy atom. The Morgan fingerprint density at radius 3 is 2.88 bits per heavy atom. The lowest BCUT2D eigenvalue weighted by Crippen LogP contribution is -2.11. The van der Waals surface area contributed by atoms with Crippen LogP contribution in [0.5, 0.6) is 0 Å². The molecule has 26 heavy (non-hydrogen) atoms. The second-order valence-electron chi connectivity index (χ2n) is 5.66. The van der Waals surface area contributed by atoms with Gasteiger partial charge in [0.05, 0.1) is 0 Å². The molecule has 0 saturated heterocycles. The monoisotopic (exact) mass is 431 g/mol. The predicted octanol–water partition coefficient (Wildman–Crippen LogP) is 4.33. The lowest BCUT2D eigenvalue weighted by molar-refractivity contribution is 0.0995. The Kier molecular flexibility index (Phi) is 4.33. The quantitative estimate of drug-likeness (QED) is 0.519. The minimum absolute atomic E-state index is 0.244. The first kappa shape index (κ1) is 16.9. The maximum atomic E-state index is 12.3. The van der Waals surface area contributed by atoms with E-state index >= 15 is 0 Å². The number of amides is 1. The van der Waals surface area contributed by atoms with Gasteiger partial charge in [-0.2, -0.15) is 9.61 Å². The zero-order valence-corrected chi connectivity index (χ0v) is 16.4. The van der Waals surface area contributed by atoms with E-state index in [2.05, 4.69) is 36.5 Å². The molecule has 4 rings (SSSR count). The van der Waals surface area contributed by atoms with Crippen LogP contribution in [-0.2, 0) is 6.42 Å². The SMILES string of the molecule is CCc1nnc2sc(-c3ccc(C)c(NC(=O)c4ccc(Br)o4)c3)nn12. The standard InChI is InChI=1S/C17H14BrN5O2S/c1-3-14-20-21-17-23(14)22-16(26-17)10-5-4-9(2)11(8-10)19-15(24)12-6-7-13(18)25-12/h4-8H,3H2,1-2H3,(H,19,24). The smallest absolute Gasteiger partial charge is 0.291 e. The van der Waals surface area contributed by atoms with Gasteiger partial charge in [0.1, 0.15) is 5.01 Å². The fraction of sp³-hybridized carbons (Fsp3) is 0.176. The molecular formula is C17H14BrN5O2S. The molecule has 0 aliphatic heterocycles. The molecule has 4 aromatic rings. The molecule has 0 bridgehead atoms. The minimum atomic E-state index is -0.303. The number of hydrogen-bond acceptors (Lipinski definition) is 6. The summed E-state index contributed by atoms with van der Waals surface area (Å²) in [4.78, 5) is 13.1. The number of nitrogens with one attached hydrogen (secondary N) is 1. The molecule has 1 amide bonds. The Bertz CT molecular complexity index is 1110. The number of rotatable bonds is 4. The van der Waals surface area contributed by atoms with Crippen molar-refractivity contribution >= 4 is 43.8 Å². The summed E-state index contributed by atoms with van der Waals surface area (Å²) in [5.41, 5.74) is 2.57. The molecule has 132 valence electrons. The molecule has 0 unspecified atom stereocenters. The van der Waals surface area contributed by atoms with Crippen LogP contribution in [0.4, 0.5) is 5.69 Å². The average molecular weight is 432 g/mol. The van der Waals surface area contributed by atoms with E-state index < -0.39 is 0 Å². The van der Waals surface area contributed by atoms with E-state index in [0.29, 0.717) is 10.4 Å². The van der Waals surface area contributed by atoms with Gasteiger partial charge < -0.3 is 9.73 Å². The van der Waals surface area contributed by atoms with Crippen LogP contribution >= 0.6 is 27.3 Å². The zero-order valence-electron chi connectivity index (χ0n) is 14.0. The normalized spacial score (nSPS) is 11.2. The fourth-order valence-electron chi connectivity index (χ4n) is 2.50. The van der Waals surface area contributed by atoms with E-state index in [1.807, 2.05) is 32.0 Å². The largest absolute Gasteiger partial charge is 0.444 e. The molecule has 0 atom stereocenters. The van der Waals surface area contributed by atoms with Gasteiger partial charge in [-0.15, -0.1) is 10.2 Å². The van der Waals surface area contributed by atoms with E-state index in [-0.39, 0.29) is 11.7 Å². The first-order chi connectivity index (χ1) is 12.5. The number of aryl methyl sites for hydroxylation is 2. The number of halogens is 1. The Morgan fingerprint density at radius 2 is 2.15 bits per heavy atom. The third-order valence-corrected chi connectivity index (χ3v) is 5.28. The molecule has 1 N–H and O–H groups in total. The number of carbonyl (C=O) groups excluding carboxylic acids is 1. The highest BCUT2D eigenvalue weighted by Crippen LogP contribution is 2.29. The van der Waals surface area contributed by atoms with Crippen molar-refractivity contribution < 1.29 is 9.21 Å². The van der Waals surface area contributed by atoms with Gasteiger partial charge in [0, 0.05) is 17.7 Å². The Labute approximate surface area is 161 Å². The summed E-state index contributed by atoms with van der Waals surface area (Å²) >= 11 is 4.66. The fourth-order valence-corrected chi connectivity index (χ4v) is 3.67. The van der Waals surface area contributed by atoms with Gasteiger partial charge in [0.15, 0.2) is 16.3 Å². The second kappa shape index (κ2) is 6.65. The molecule has 0 aliphatic carbocycles. The van der Waals surface area contributed by atoms with Gasteiger partial charge in [0.2, 0.25) is 4.96 Å². The van der Waals surface area contributed by atoms with Crippen molar-refractivity contribution in [2.75, 3.05) is 5.32 Å². The van der Waals surface area contributed by atoms with Gasteiger partial charge in [-0.3, -0.25) is 4.79 Å². The number of aromatic nitrogens is 4. The summed E-state index contributed by atoms with van der Waals surface area (Å²) in [6.45, 7) is 3.95. The van der Waals surface area contributed by atoms with Crippen molar-refractivity contribution in [3.8, 4) is 10.6 Å². The van der Waals surface area contributed by atoms with Gasteiger partial charge in [-0.25, -0.2) is 0 Å². The molecule has 0 radical (unpaired) electrons. The first-order valence-electron chi connectivity index (χ1n) is 7.94. The second-order valence-corrected chi connectivity index (χ2v) is 7.40. The number of anilines is 1. The molecule has 3 heterocycles. The number of furan rings is 1. The predicted molar refractivity (Wildman–Crippen MR) is 103 cm³/mol. The van der Waals surface area contributed by atoms with E-state index in [1.165, 1.54) is 11.3 Å². The van der Waals surface area contributed by atoms with Crippen LogP contribution in [0.15, 0.2) is 39.4 Å². The number of nitrogens with zero attached hydrogens (tertiary/aromatic N) is 4. The third-order valence-electron chi connectivity index (χ3n) is 3.90. The Balaban J connectivity index is 1.66. The lowest BCUT2D eigenvalue weighted by Gasteiger charge is -2.08. The number of benzene rings is 1. The zero-order chi connectivity index (χ0) is 18.3. The van der Waals surface area contributed by atoms with Crippen LogP contribution in [0, 0.1) is 6.92 Å². The van der Waals surface area contributed by atoms with Crippen LogP contribution < -0.4 is 5.32 Å². The van der Waals surface area contributed by atoms with Crippen LogP contribution in [-0.4, -0.2) is 25.7 Å². The third kappa shape index (κ3) is 3.04. The highest BCUT2D eigenvalue weighted by molar-refractivity contribution is 9.10. The van der Waals surface area contributed by atoms with Crippen LogP contribution in [0.25, 0.3) is 15.5 Å². The summed E-state index contributed by atoms with van der Waals surface area (Å²) in [7, 11) is 0. The Hall–Kier alpha value is -2.52. The van der Waals surface area contributed by atoms with Crippen molar-refractivity contribution in [2.24, 2.45) is 0 Å².